The van der Waals surface area contributed by atoms with Crippen LogP contribution in [-0.2, 0) is 10.0 Å². The van der Waals surface area contributed by atoms with Gasteiger partial charge in [-0.05, 0) is 62.0 Å². The highest BCUT2D eigenvalue weighted by Gasteiger charge is 2.23. The zero-order chi connectivity index (χ0) is 15.5. The number of anilines is 1. The van der Waals surface area contributed by atoms with Gasteiger partial charge in [-0.1, -0.05) is 0 Å². The molecular formula is C12H19BrFN3O2S. The molecule has 1 aromatic rings. The van der Waals surface area contributed by atoms with E-state index in [4.69, 9.17) is 5.73 Å². The Morgan fingerprint density at radius 3 is 2.60 bits per heavy atom. The van der Waals surface area contributed by atoms with Gasteiger partial charge in [0.2, 0.25) is 10.0 Å². The average Bonchev–Trinajstić information content (AvgIpc) is 2.30. The summed E-state index contributed by atoms with van der Waals surface area (Å²) in [5.41, 5.74) is 5.74. The molecule has 0 aliphatic carbocycles. The van der Waals surface area contributed by atoms with E-state index in [9.17, 15) is 12.8 Å². The molecule has 1 rings (SSSR count). The maximum absolute atomic E-state index is 13.9. The van der Waals surface area contributed by atoms with Gasteiger partial charge in [0.15, 0.2) is 5.82 Å². The lowest BCUT2D eigenvalue weighted by Gasteiger charge is -2.17. The summed E-state index contributed by atoms with van der Waals surface area (Å²) >= 11 is 2.95. The molecule has 0 amide bonds. The molecule has 3 N–H and O–H groups in total. The van der Waals surface area contributed by atoms with Crippen molar-refractivity contribution in [2.75, 3.05) is 26.4 Å². The van der Waals surface area contributed by atoms with E-state index in [-0.39, 0.29) is 16.2 Å². The molecule has 0 radical (unpaired) electrons. The molecule has 114 valence electrons. The van der Waals surface area contributed by atoms with Crippen LogP contribution in [0.25, 0.3) is 0 Å². The summed E-state index contributed by atoms with van der Waals surface area (Å²) in [5.74, 6) is -0.841. The van der Waals surface area contributed by atoms with Gasteiger partial charge in [0, 0.05) is 11.7 Å². The monoisotopic (exact) mass is 367 g/mol. The number of hydrogen-bond donors (Lipinski definition) is 2. The van der Waals surface area contributed by atoms with Crippen LogP contribution in [0.1, 0.15) is 13.3 Å². The Morgan fingerprint density at radius 1 is 1.45 bits per heavy atom. The Labute approximate surface area is 127 Å². The van der Waals surface area contributed by atoms with E-state index in [2.05, 4.69) is 20.7 Å². The maximum Gasteiger partial charge on any atom is 0.243 e. The number of nitrogens with zero attached hydrogens (tertiary/aromatic N) is 1. The minimum absolute atomic E-state index is 0.0267. The first-order valence-electron chi connectivity index (χ1n) is 6.05. The minimum Gasteiger partial charge on any atom is -0.399 e. The van der Waals surface area contributed by atoms with E-state index in [1.165, 1.54) is 6.07 Å². The molecule has 0 aromatic heterocycles. The smallest absolute Gasteiger partial charge is 0.243 e. The van der Waals surface area contributed by atoms with Gasteiger partial charge < -0.3 is 10.6 Å². The number of nitrogens with two attached hydrogens (primary N) is 1. The zero-order valence-electron chi connectivity index (χ0n) is 11.7. The second-order valence-electron chi connectivity index (χ2n) is 4.93. The highest BCUT2D eigenvalue weighted by Crippen LogP contribution is 2.26. The molecule has 1 unspecified atom stereocenters. The standard InChI is InChI=1S/C12H19BrFN3O2S/c1-8(4-5-17(2)3)16-20(18,19)11-7-9(15)6-10(13)12(11)14/h6-8,16H,4-5,15H2,1-3H3. The summed E-state index contributed by atoms with van der Waals surface area (Å²) in [5, 5.41) is 0. The van der Waals surface area contributed by atoms with E-state index in [0.717, 1.165) is 12.6 Å². The lowest BCUT2D eigenvalue weighted by Crippen LogP contribution is -2.35. The van der Waals surface area contributed by atoms with Gasteiger partial charge in [0.05, 0.1) is 4.47 Å². The molecule has 1 aromatic carbocycles. The Kier molecular flexibility index (Phi) is 5.93. The molecule has 0 saturated carbocycles. The summed E-state index contributed by atoms with van der Waals surface area (Å²) < 4.78 is 40.7. The van der Waals surface area contributed by atoms with Crippen LogP contribution in [0.3, 0.4) is 0 Å². The van der Waals surface area contributed by atoms with Crippen LogP contribution in [0, 0.1) is 5.82 Å². The van der Waals surface area contributed by atoms with E-state index in [1.54, 1.807) is 6.92 Å². The zero-order valence-corrected chi connectivity index (χ0v) is 14.1. The second kappa shape index (κ2) is 6.84. The van der Waals surface area contributed by atoms with Crippen molar-refractivity contribution >= 4 is 31.6 Å². The van der Waals surface area contributed by atoms with E-state index >= 15 is 0 Å². The fourth-order valence-electron chi connectivity index (χ4n) is 1.62. The van der Waals surface area contributed by atoms with Crippen LogP contribution < -0.4 is 10.5 Å². The lowest BCUT2D eigenvalue weighted by molar-refractivity contribution is 0.378. The van der Waals surface area contributed by atoms with Gasteiger partial charge in [-0.25, -0.2) is 17.5 Å². The van der Waals surface area contributed by atoms with Crippen molar-refractivity contribution in [2.45, 2.75) is 24.3 Å². The number of nitrogen functional groups attached to an aromatic ring is 1. The number of rotatable bonds is 6. The number of hydrogen-bond acceptors (Lipinski definition) is 4. The van der Waals surface area contributed by atoms with E-state index in [1.807, 2.05) is 19.0 Å². The molecule has 0 saturated heterocycles. The number of sulfonamides is 1. The quantitative estimate of drug-likeness (QED) is 0.751. The Morgan fingerprint density at radius 2 is 2.05 bits per heavy atom. The summed E-state index contributed by atoms with van der Waals surface area (Å²) in [4.78, 5) is 1.50. The van der Waals surface area contributed by atoms with Crippen LogP contribution >= 0.6 is 15.9 Å². The topological polar surface area (TPSA) is 75.4 Å². The third kappa shape index (κ3) is 4.69. The predicted molar refractivity (Wildman–Crippen MR) is 81.5 cm³/mol. The minimum atomic E-state index is -3.94. The number of halogens is 2. The molecule has 0 bridgehead atoms. The first kappa shape index (κ1) is 17.4. The van der Waals surface area contributed by atoms with Crippen molar-refractivity contribution in [3.05, 3.63) is 22.4 Å². The van der Waals surface area contributed by atoms with E-state index < -0.39 is 20.7 Å². The van der Waals surface area contributed by atoms with Gasteiger partial charge in [-0.15, -0.1) is 0 Å². The molecule has 0 aliphatic heterocycles. The van der Waals surface area contributed by atoms with Gasteiger partial charge in [0.1, 0.15) is 4.90 Å². The summed E-state index contributed by atoms with van der Waals surface area (Å²) in [7, 11) is -0.139. The largest absolute Gasteiger partial charge is 0.399 e. The van der Waals surface area contributed by atoms with Crippen LogP contribution in [0.2, 0.25) is 0 Å². The van der Waals surface area contributed by atoms with Crippen molar-refractivity contribution in [2.24, 2.45) is 0 Å². The Bertz CT molecular complexity index is 578. The molecule has 20 heavy (non-hydrogen) atoms. The molecule has 0 fully saturated rings. The van der Waals surface area contributed by atoms with Crippen molar-refractivity contribution in [1.82, 2.24) is 9.62 Å². The second-order valence-corrected chi connectivity index (χ2v) is 7.47. The van der Waals surface area contributed by atoms with Crippen molar-refractivity contribution < 1.29 is 12.8 Å². The fraction of sp³-hybridized carbons (Fsp3) is 0.500. The molecule has 0 spiro atoms. The molecule has 0 aliphatic rings. The highest BCUT2D eigenvalue weighted by molar-refractivity contribution is 9.10. The normalized spacial score (nSPS) is 13.7. The number of benzene rings is 1. The molecular weight excluding hydrogens is 349 g/mol. The number of nitrogens with one attached hydrogen (secondary N) is 1. The fourth-order valence-corrected chi connectivity index (χ4v) is 3.64. The van der Waals surface area contributed by atoms with Crippen molar-refractivity contribution in [3.8, 4) is 0 Å². The molecule has 0 heterocycles. The third-order valence-electron chi connectivity index (χ3n) is 2.67. The van der Waals surface area contributed by atoms with E-state index in [0.29, 0.717) is 6.42 Å². The Hall–Kier alpha value is -0.700. The maximum atomic E-state index is 13.9. The first-order valence-corrected chi connectivity index (χ1v) is 8.32. The lowest BCUT2D eigenvalue weighted by atomic mass is 10.2. The third-order valence-corrected chi connectivity index (χ3v) is 4.84. The van der Waals surface area contributed by atoms with Crippen LogP contribution in [0.15, 0.2) is 21.5 Å². The average molecular weight is 368 g/mol. The van der Waals surface area contributed by atoms with Gasteiger partial charge in [-0.2, -0.15) is 0 Å². The first-order chi connectivity index (χ1) is 9.13. The Balaban J connectivity index is 2.94. The predicted octanol–water partition coefficient (Wildman–Crippen LogP) is 1.79. The van der Waals surface area contributed by atoms with Gasteiger partial charge in [0.25, 0.3) is 0 Å². The van der Waals surface area contributed by atoms with Crippen LogP contribution in [0.4, 0.5) is 10.1 Å². The van der Waals surface area contributed by atoms with Gasteiger partial charge >= 0.3 is 0 Å². The van der Waals surface area contributed by atoms with Crippen molar-refractivity contribution in [1.29, 1.82) is 0 Å². The van der Waals surface area contributed by atoms with Gasteiger partial charge in [-0.3, -0.25) is 0 Å². The summed E-state index contributed by atoms with van der Waals surface area (Å²) in [6, 6.07) is 2.13. The molecule has 5 nitrogen and oxygen atoms in total. The highest BCUT2D eigenvalue weighted by atomic mass is 79.9. The SMILES string of the molecule is CC(CCN(C)C)NS(=O)(=O)c1cc(N)cc(Br)c1F. The van der Waals surface area contributed by atoms with Crippen molar-refractivity contribution in [3.63, 3.8) is 0 Å². The van der Waals surface area contributed by atoms with Crippen LogP contribution in [0.5, 0.6) is 0 Å². The summed E-state index contributed by atoms with van der Waals surface area (Å²) in [6.07, 6.45) is 0.622. The summed E-state index contributed by atoms with van der Waals surface area (Å²) in [6.45, 7) is 2.47. The molecule has 1 atom stereocenters. The van der Waals surface area contributed by atoms with Crippen LogP contribution in [-0.4, -0.2) is 40.0 Å². The molecule has 8 heteroatoms.